The van der Waals surface area contributed by atoms with Gasteiger partial charge in [0.1, 0.15) is 11.5 Å². The Morgan fingerprint density at radius 2 is 2.24 bits per heavy atom. The molecule has 5 heteroatoms. The van der Waals surface area contributed by atoms with E-state index in [2.05, 4.69) is 0 Å². The lowest BCUT2D eigenvalue weighted by Gasteiger charge is -2.01. The van der Waals surface area contributed by atoms with Crippen molar-refractivity contribution in [2.24, 2.45) is 0 Å². The number of ether oxygens (including phenoxy) is 1. The Morgan fingerprint density at radius 1 is 1.41 bits per heavy atom. The molecule has 0 aliphatic heterocycles. The number of hydrogen-bond donors (Lipinski definition) is 0. The predicted molar refractivity (Wildman–Crippen MR) is 65.7 cm³/mol. The zero-order chi connectivity index (χ0) is 12.5. The average molecular weight is 256 g/mol. The first-order valence-electron chi connectivity index (χ1n) is 5.49. The normalized spacial score (nSPS) is 10.2. The summed E-state index contributed by atoms with van der Waals surface area (Å²) in [5.41, 5.74) is 0. The SMILES string of the molecule is CCOC(=O)CCC(=O)CSCc1ccco1. The van der Waals surface area contributed by atoms with E-state index < -0.39 is 0 Å². The van der Waals surface area contributed by atoms with Crippen molar-refractivity contribution in [3.63, 3.8) is 0 Å². The minimum atomic E-state index is -0.308. The molecule has 0 N–H and O–H groups in total. The molecule has 0 atom stereocenters. The van der Waals surface area contributed by atoms with Crippen LogP contribution in [-0.2, 0) is 20.1 Å². The molecular formula is C12H16O4S. The Balaban J connectivity index is 2.07. The summed E-state index contributed by atoms with van der Waals surface area (Å²) in [7, 11) is 0. The van der Waals surface area contributed by atoms with Crippen LogP contribution in [0.15, 0.2) is 22.8 Å². The van der Waals surface area contributed by atoms with Gasteiger partial charge in [-0.3, -0.25) is 9.59 Å². The van der Waals surface area contributed by atoms with Crippen LogP contribution >= 0.6 is 11.8 Å². The lowest BCUT2D eigenvalue weighted by Crippen LogP contribution is -2.09. The molecule has 1 rings (SSSR count). The van der Waals surface area contributed by atoms with E-state index in [0.29, 0.717) is 18.1 Å². The quantitative estimate of drug-likeness (QED) is 0.669. The van der Waals surface area contributed by atoms with Crippen LogP contribution in [0.4, 0.5) is 0 Å². The maximum atomic E-state index is 11.4. The van der Waals surface area contributed by atoms with Gasteiger partial charge in [0.25, 0.3) is 0 Å². The van der Waals surface area contributed by atoms with Crippen molar-refractivity contribution in [2.75, 3.05) is 12.4 Å². The molecule has 1 aromatic rings. The van der Waals surface area contributed by atoms with Gasteiger partial charge in [-0.15, -0.1) is 11.8 Å². The second-order valence-corrected chi connectivity index (χ2v) is 4.40. The van der Waals surface area contributed by atoms with Crippen LogP contribution in [0.5, 0.6) is 0 Å². The molecule has 0 saturated heterocycles. The molecule has 1 heterocycles. The zero-order valence-electron chi connectivity index (χ0n) is 9.81. The third-order valence-corrected chi connectivity index (χ3v) is 3.02. The van der Waals surface area contributed by atoms with Crippen LogP contribution in [0, 0.1) is 0 Å². The van der Waals surface area contributed by atoms with Crippen molar-refractivity contribution >= 4 is 23.5 Å². The van der Waals surface area contributed by atoms with Gasteiger partial charge < -0.3 is 9.15 Å². The van der Waals surface area contributed by atoms with Crippen molar-refractivity contribution in [2.45, 2.75) is 25.5 Å². The number of Topliss-reactive ketones (excluding diaryl/α,β-unsaturated/α-hetero) is 1. The third-order valence-electron chi connectivity index (χ3n) is 2.00. The van der Waals surface area contributed by atoms with Crippen molar-refractivity contribution in [3.05, 3.63) is 24.2 Å². The molecule has 1 aromatic heterocycles. The topological polar surface area (TPSA) is 56.5 Å². The number of rotatable bonds is 8. The largest absolute Gasteiger partial charge is 0.468 e. The molecule has 94 valence electrons. The van der Waals surface area contributed by atoms with Gasteiger partial charge in [-0.05, 0) is 19.1 Å². The van der Waals surface area contributed by atoms with Crippen LogP contribution in [0.2, 0.25) is 0 Å². The summed E-state index contributed by atoms with van der Waals surface area (Å²) in [6.07, 6.45) is 2.04. The van der Waals surface area contributed by atoms with Gasteiger partial charge in [-0.2, -0.15) is 0 Å². The molecule has 0 saturated carbocycles. The van der Waals surface area contributed by atoms with Crippen LogP contribution in [0.25, 0.3) is 0 Å². The highest BCUT2D eigenvalue weighted by atomic mass is 32.2. The number of carbonyl (C=O) groups is 2. The summed E-state index contributed by atoms with van der Waals surface area (Å²) in [6, 6.07) is 3.69. The molecule has 0 aromatic carbocycles. The van der Waals surface area contributed by atoms with E-state index in [1.165, 1.54) is 11.8 Å². The number of hydrogen-bond acceptors (Lipinski definition) is 5. The summed E-state index contributed by atoms with van der Waals surface area (Å²) in [4.78, 5) is 22.4. The maximum absolute atomic E-state index is 11.4. The van der Waals surface area contributed by atoms with Gasteiger partial charge in [-0.1, -0.05) is 0 Å². The first-order valence-corrected chi connectivity index (χ1v) is 6.65. The Labute approximate surface area is 105 Å². The number of carbonyl (C=O) groups excluding carboxylic acids is 2. The molecule has 0 aliphatic carbocycles. The van der Waals surface area contributed by atoms with E-state index >= 15 is 0 Å². The number of furan rings is 1. The average Bonchev–Trinajstić information content (AvgIpc) is 2.80. The smallest absolute Gasteiger partial charge is 0.306 e. The van der Waals surface area contributed by atoms with Gasteiger partial charge in [0.2, 0.25) is 0 Å². The molecular weight excluding hydrogens is 240 g/mol. The number of esters is 1. The minimum Gasteiger partial charge on any atom is -0.468 e. The third kappa shape index (κ3) is 6.16. The zero-order valence-corrected chi connectivity index (χ0v) is 10.6. The van der Waals surface area contributed by atoms with Crippen molar-refractivity contribution in [1.82, 2.24) is 0 Å². The van der Waals surface area contributed by atoms with E-state index in [4.69, 9.17) is 9.15 Å². The molecule has 0 amide bonds. The van der Waals surface area contributed by atoms with E-state index in [-0.39, 0.29) is 24.6 Å². The summed E-state index contributed by atoms with van der Waals surface area (Å²) >= 11 is 1.49. The first kappa shape index (κ1) is 13.8. The Hall–Kier alpha value is -1.23. The monoisotopic (exact) mass is 256 g/mol. The van der Waals surface area contributed by atoms with Gasteiger partial charge in [0.15, 0.2) is 0 Å². The van der Waals surface area contributed by atoms with Crippen molar-refractivity contribution < 1.29 is 18.7 Å². The predicted octanol–water partition coefficient (Wildman–Crippen LogP) is 2.43. The fourth-order valence-electron chi connectivity index (χ4n) is 1.21. The van der Waals surface area contributed by atoms with Gasteiger partial charge in [0, 0.05) is 6.42 Å². The Bertz CT molecular complexity index is 345. The number of ketones is 1. The molecule has 0 unspecified atom stereocenters. The standard InChI is InChI=1S/C12H16O4S/c1-2-15-12(14)6-5-10(13)8-17-9-11-4-3-7-16-11/h3-4,7H,2,5-6,8-9H2,1H3. The van der Waals surface area contributed by atoms with Gasteiger partial charge in [-0.25, -0.2) is 0 Å². The van der Waals surface area contributed by atoms with E-state index in [9.17, 15) is 9.59 Å². The minimum absolute atomic E-state index is 0.0645. The molecule has 4 nitrogen and oxygen atoms in total. The molecule has 0 aliphatic rings. The Morgan fingerprint density at radius 3 is 2.88 bits per heavy atom. The van der Waals surface area contributed by atoms with E-state index in [0.717, 1.165) is 5.76 Å². The highest BCUT2D eigenvalue weighted by Crippen LogP contribution is 2.13. The Kier molecular flexibility index (Phi) is 6.47. The molecule has 0 bridgehead atoms. The second kappa shape index (κ2) is 7.95. The molecule has 0 radical (unpaired) electrons. The van der Waals surface area contributed by atoms with E-state index in [1.54, 1.807) is 13.2 Å². The fraction of sp³-hybridized carbons (Fsp3) is 0.500. The highest BCUT2D eigenvalue weighted by Gasteiger charge is 2.08. The van der Waals surface area contributed by atoms with Crippen molar-refractivity contribution in [1.29, 1.82) is 0 Å². The second-order valence-electron chi connectivity index (χ2n) is 3.42. The summed E-state index contributed by atoms with van der Waals surface area (Å²) < 4.78 is 9.88. The fourth-order valence-corrected chi connectivity index (χ4v) is 2.05. The molecule has 0 spiro atoms. The first-order chi connectivity index (χ1) is 8.22. The summed E-state index contributed by atoms with van der Waals surface area (Å²) in [5, 5.41) is 0. The summed E-state index contributed by atoms with van der Waals surface area (Å²) in [5.74, 6) is 1.69. The number of thioether (sulfide) groups is 1. The van der Waals surface area contributed by atoms with Crippen LogP contribution in [0.1, 0.15) is 25.5 Å². The van der Waals surface area contributed by atoms with Crippen LogP contribution in [0.3, 0.4) is 0 Å². The molecule has 0 fully saturated rings. The van der Waals surface area contributed by atoms with Crippen LogP contribution in [-0.4, -0.2) is 24.1 Å². The van der Waals surface area contributed by atoms with Crippen molar-refractivity contribution in [3.8, 4) is 0 Å². The maximum Gasteiger partial charge on any atom is 0.306 e. The lowest BCUT2D eigenvalue weighted by molar-refractivity contribution is -0.144. The highest BCUT2D eigenvalue weighted by molar-refractivity contribution is 7.99. The lowest BCUT2D eigenvalue weighted by atomic mass is 10.2. The van der Waals surface area contributed by atoms with Gasteiger partial charge in [0.05, 0.1) is 30.8 Å². The van der Waals surface area contributed by atoms with Crippen LogP contribution < -0.4 is 0 Å². The summed E-state index contributed by atoms with van der Waals surface area (Å²) in [6.45, 7) is 2.11. The van der Waals surface area contributed by atoms with Gasteiger partial charge >= 0.3 is 5.97 Å². The van der Waals surface area contributed by atoms with E-state index in [1.807, 2.05) is 12.1 Å². The molecule has 17 heavy (non-hydrogen) atoms.